The Kier molecular flexibility index (Phi) is 11.5. The van der Waals surface area contributed by atoms with Crippen molar-refractivity contribution in [3.05, 3.63) is 36.4 Å². The van der Waals surface area contributed by atoms with E-state index in [-0.39, 0.29) is 43.5 Å². The lowest BCUT2D eigenvalue weighted by Gasteiger charge is -2.33. The molecule has 2 saturated carbocycles. The number of hydrogen-bond acceptors (Lipinski definition) is 11. The van der Waals surface area contributed by atoms with E-state index in [4.69, 9.17) is 14.2 Å². The average Bonchev–Trinajstić information content (AvgIpc) is 4.01. The van der Waals surface area contributed by atoms with Crippen LogP contribution in [0.1, 0.15) is 92.4 Å². The van der Waals surface area contributed by atoms with E-state index >= 15 is 0 Å². The van der Waals surface area contributed by atoms with E-state index in [1.807, 2.05) is 19.1 Å². The van der Waals surface area contributed by atoms with Crippen LogP contribution in [0.5, 0.6) is 11.8 Å². The topological polar surface area (TPSA) is 171 Å². The molecule has 0 bridgehead atoms. The second-order valence-corrected chi connectivity index (χ2v) is 19.3. The number of fused-ring (bicyclic) bond motifs is 3. The summed E-state index contributed by atoms with van der Waals surface area (Å²) >= 11 is 0. The Balaban J connectivity index is 1.36. The molecule has 2 amide bonds. The van der Waals surface area contributed by atoms with Crippen LogP contribution in [0.2, 0.25) is 0 Å². The van der Waals surface area contributed by atoms with E-state index in [0.29, 0.717) is 42.9 Å². The normalized spacial score (nSPS) is 29.9. The van der Waals surface area contributed by atoms with E-state index in [0.717, 1.165) is 13.8 Å². The van der Waals surface area contributed by atoms with E-state index in [9.17, 15) is 40.8 Å². The maximum atomic E-state index is 14.8. The first-order chi connectivity index (χ1) is 26.6. The molecule has 6 rings (SSSR count). The van der Waals surface area contributed by atoms with Crippen LogP contribution in [0.3, 0.4) is 0 Å². The van der Waals surface area contributed by atoms with Gasteiger partial charge >= 0.3 is 12.1 Å². The fraction of sp³-hybridized carbons (Fsp3) is 0.650. The van der Waals surface area contributed by atoms with Gasteiger partial charge in [0.25, 0.3) is 0 Å². The molecular weight excluding hydrogens is 770 g/mol. The molecule has 1 aromatic heterocycles. The molecule has 3 fully saturated rings. The second kappa shape index (κ2) is 15.5. The Morgan fingerprint density at radius 3 is 2.32 bits per heavy atom. The fourth-order valence-electron chi connectivity index (χ4n) is 8.10. The van der Waals surface area contributed by atoms with Gasteiger partial charge in [-0.3, -0.25) is 23.9 Å². The summed E-state index contributed by atoms with van der Waals surface area (Å²) in [5.74, 6) is -4.90. The van der Waals surface area contributed by atoms with Crippen LogP contribution < -0.4 is 14.2 Å². The van der Waals surface area contributed by atoms with Crippen LogP contribution in [0.15, 0.2) is 36.4 Å². The summed E-state index contributed by atoms with van der Waals surface area (Å²) in [7, 11) is -2.59. The first-order valence-electron chi connectivity index (χ1n) is 19.4. The molecule has 17 heteroatoms. The number of amides is 2. The highest BCUT2D eigenvalue weighted by atomic mass is 32.2. The maximum absolute atomic E-state index is 14.8. The number of benzene rings is 1. The number of hydrogen-bond donors (Lipinski definition) is 1. The summed E-state index contributed by atoms with van der Waals surface area (Å²) in [6.45, 7) is 6.60. The standard InChI is InChI=1S/C40H51F3N4O9S/c1-23-11-7-8-12-25-20-39(25,36(51)46-57(52,53)38(5)15-16-38)21-31(48)30-18-26(55-34-28-14-10-9-13-27(28)33(54-6)44-45-34)22-47(30)35(50)29(24(2)17-23)19-32(49)56-37(3,4)40(41,42)43/h8-10,12-14,23-26,29-30H,7,11,15-22H2,1-6H3,(H,46,51)/b12-8-/t23-,24+,25+,26+,29-,30-,39+/m0/s1. The smallest absolute Gasteiger partial charge is 0.427 e. The quantitative estimate of drug-likeness (QED) is 0.238. The summed E-state index contributed by atoms with van der Waals surface area (Å²) in [6.07, 6.45) is -0.350. The molecule has 2 aliphatic carbocycles. The molecule has 4 aliphatic rings. The first kappa shape index (κ1) is 42.3. The number of nitrogens with one attached hydrogen (secondary N) is 1. The summed E-state index contributed by atoms with van der Waals surface area (Å²) in [5.41, 5.74) is -4.20. The minimum atomic E-state index is -4.87. The van der Waals surface area contributed by atoms with Gasteiger partial charge in [-0.1, -0.05) is 38.1 Å². The number of Topliss-reactive ketones (excluding diaryl/α,β-unsaturated/α-hetero) is 1. The minimum Gasteiger partial charge on any atom is -0.479 e. The molecule has 13 nitrogen and oxygen atoms in total. The largest absolute Gasteiger partial charge is 0.479 e. The number of alkyl halides is 3. The molecule has 7 atom stereocenters. The zero-order chi connectivity index (χ0) is 41.7. The molecule has 1 N–H and O–H groups in total. The van der Waals surface area contributed by atoms with Gasteiger partial charge in [0, 0.05) is 12.8 Å². The Morgan fingerprint density at radius 2 is 1.68 bits per heavy atom. The van der Waals surface area contributed by atoms with Gasteiger partial charge in [0.15, 0.2) is 5.78 Å². The summed E-state index contributed by atoms with van der Waals surface area (Å²) < 4.78 is 85.5. The Bertz CT molecular complexity index is 2050. The predicted octanol–water partition coefficient (Wildman–Crippen LogP) is 5.85. The van der Waals surface area contributed by atoms with Crippen molar-refractivity contribution in [2.75, 3.05) is 13.7 Å². The lowest BCUT2D eigenvalue weighted by molar-refractivity contribution is -0.257. The van der Waals surface area contributed by atoms with Crippen molar-refractivity contribution >= 4 is 44.4 Å². The monoisotopic (exact) mass is 820 g/mol. The number of ketones is 1. The molecular formula is C40H51F3N4O9S. The number of carbonyl (C=O) groups is 4. The van der Waals surface area contributed by atoms with Gasteiger partial charge in [-0.25, -0.2) is 8.42 Å². The lowest BCUT2D eigenvalue weighted by atomic mass is 9.82. The Hall–Kier alpha value is -4.28. The lowest BCUT2D eigenvalue weighted by Crippen LogP contribution is -2.48. The molecule has 0 spiro atoms. The third-order valence-corrected chi connectivity index (χ3v) is 14.5. The van der Waals surface area contributed by atoms with Gasteiger partial charge < -0.3 is 19.1 Å². The number of sulfonamides is 1. The van der Waals surface area contributed by atoms with E-state index < -0.39 is 91.8 Å². The number of aromatic nitrogens is 2. The highest BCUT2D eigenvalue weighted by Gasteiger charge is 2.63. The van der Waals surface area contributed by atoms with Crippen LogP contribution in [0.25, 0.3) is 10.8 Å². The SMILES string of the molecule is COc1nnc(O[C@@H]2C[C@H]3C(=O)C[C@]4(C(=O)NS(=O)(=O)C5(C)CC5)C[C@H]4/C=C\CC[C@H](C)C[C@@H](C)[C@H](CC(=O)OC(C)(C)C(F)(F)F)C(=O)N3C2)c2ccccc12. The maximum Gasteiger partial charge on any atom is 0.427 e. The van der Waals surface area contributed by atoms with Crippen LogP contribution >= 0.6 is 0 Å². The van der Waals surface area contributed by atoms with Crippen LogP contribution in [0.4, 0.5) is 13.2 Å². The van der Waals surface area contributed by atoms with Gasteiger partial charge in [-0.15, -0.1) is 10.2 Å². The molecule has 3 heterocycles. The molecule has 312 valence electrons. The number of nitrogens with zero attached hydrogens (tertiary/aromatic N) is 3. The molecule has 0 unspecified atom stereocenters. The van der Waals surface area contributed by atoms with Crippen molar-refractivity contribution < 1.29 is 55.0 Å². The van der Waals surface area contributed by atoms with E-state index in [2.05, 4.69) is 14.9 Å². The second-order valence-electron chi connectivity index (χ2n) is 17.2. The third kappa shape index (κ3) is 8.63. The molecule has 0 radical (unpaired) electrons. The van der Waals surface area contributed by atoms with Crippen molar-refractivity contribution in [2.24, 2.45) is 29.1 Å². The first-order valence-corrected chi connectivity index (χ1v) is 20.9. The number of esters is 1. The van der Waals surface area contributed by atoms with Crippen LogP contribution in [0, 0.1) is 29.1 Å². The van der Waals surface area contributed by atoms with Crippen molar-refractivity contribution in [2.45, 2.75) is 121 Å². The van der Waals surface area contributed by atoms with Crippen molar-refractivity contribution in [3.63, 3.8) is 0 Å². The third-order valence-electron chi connectivity index (χ3n) is 12.3. The highest BCUT2D eigenvalue weighted by Crippen LogP contribution is 2.58. The summed E-state index contributed by atoms with van der Waals surface area (Å²) in [5, 5.41) is 9.47. The van der Waals surface area contributed by atoms with Crippen molar-refractivity contribution in [1.82, 2.24) is 19.8 Å². The van der Waals surface area contributed by atoms with Gasteiger partial charge in [0.2, 0.25) is 39.2 Å². The van der Waals surface area contributed by atoms with Crippen LogP contribution in [-0.2, 0) is 33.9 Å². The molecule has 2 aliphatic heterocycles. The van der Waals surface area contributed by atoms with Gasteiger partial charge in [-0.2, -0.15) is 13.2 Å². The molecule has 1 aromatic carbocycles. The van der Waals surface area contributed by atoms with Crippen LogP contribution in [-0.4, -0.2) is 89.4 Å². The number of ether oxygens (including phenoxy) is 3. The number of allylic oxidation sites excluding steroid dienone is 2. The fourth-order valence-corrected chi connectivity index (χ4v) is 9.43. The van der Waals surface area contributed by atoms with Gasteiger partial charge in [-0.05, 0) is 89.2 Å². The molecule has 1 saturated heterocycles. The number of halogens is 3. The summed E-state index contributed by atoms with van der Waals surface area (Å²) in [4.78, 5) is 57.9. The van der Waals surface area contributed by atoms with E-state index in [1.54, 1.807) is 38.1 Å². The molecule has 2 aromatic rings. The minimum absolute atomic E-state index is 0.0124. The Morgan fingerprint density at radius 1 is 1.04 bits per heavy atom. The highest BCUT2D eigenvalue weighted by molar-refractivity contribution is 7.91. The molecule has 57 heavy (non-hydrogen) atoms. The predicted molar refractivity (Wildman–Crippen MR) is 201 cm³/mol. The number of carbonyl (C=O) groups excluding carboxylic acids is 4. The van der Waals surface area contributed by atoms with Crippen molar-refractivity contribution in [1.29, 1.82) is 0 Å². The van der Waals surface area contributed by atoms with Gasteiger partial charge in [0.05, 0.1) is 53.0 Å². The number of rotatable bonds is 9. The zero-order valence-corrected chi connectivity index (χ0v) is 33.9. The summed E-state index contributed by atoms with van der Waals surface area (Å²) in [6, 6.07) is 5.88. The van der Waals surface area contributed by atoms with Gasteiger partial charge in [0.1, 0.15) is 6.10 Å². The number of methoxy groups -OCH3 is 1. The Labute approximate surface area is 330 Å². The zero-order valence-electron chi connectivity index (χ0n) is 33.1. The average molecular weight is 821 g/mol. The van der Waals surface area contributed by atoms with Crippen molar-refractivity contribution in [3.8, 4) is 11.8 Å². The van der Waals surface area contributed by atoms with E-state index in [1.165, 1.54) is 12.0 Å².